The molecular formula is C17H24N4. The van der Waals surface area contributed by atoms with Gasteiger partial charge in [-0.15, -0.1) is 0 Å². The van der Waals surface area contributed by atoms with Crippen LogP contribution in [0, 0.1) is 17.2 Å². The van der Waals surface area contributed by atoms with E-state index in [0.29, 0.717) is 5.56 Å². The molecule has 112 valence electrons. The van der Waals surface area contributed by atoms with Gasteiger partial charge in [0, 0.05) is 38.4 Å². The van der Waals surface area contributed by atoms with E-state index in [2.05, 4.69) is 27.8 Å². The van der Waals surface area contributed by atoms with Gasteiger partial charge in [-0.1, -0.05) is 6.92 Å². The molecule has 2 fully saturated rings. The predicted molar refractivity (Wildman–Crippen MR) is 84.2 cm³/mol. The Bertz CT molecular complexity index is 489. The van der Waals surface area contributed by atoms with Crippen molar-refractivity contribution in [1.29, 1.82) is 5.26 Å². The van der Waals surface area contributed by atoms with Crippen LogP contribution < -0.4 is 4.90 Å². The van der Waals surface area contributed by atoms with E-state index in [4.69, 9.17) is 5.26 Å². The van der Waals surface area contributed by atoms with Crippen LogP contribution in [0.25, 0.3) is 0 Å². The topological polar surface area (TPSA) is 43.2 Å². The third-order valence-electron chi connectivity index (χ3n) is 5.02. The van der Waals surface area contributed by atoms with Crippen LogP contribution in [0.3, 0.4) is 0 Å². The van der Waals surface area contributed by atoms with E-state index < -0.39 is 0 Å². The summed E-state index contributed by atoms with van der Waals surface area (Å²) in [5.74, 6) is 1.93. The highest BCUT2D eigenvalue weighted by Crippen LogP contribution is 2.28. The van der Waals surface area contributed by atoms with Crippen molar-refractivity contribution in [2.45, 2.75) is 38.6 Å². The fraction of sp³-hybridized carbons (Fsp3) is 0.647. The quantitative estimate of drug-likeness (QED) is 0.837. The molecule has 1 aliphatic carbocycles. The molecular weight excluding hydrogens is 260 g/mol. The van der Waals surface area contributed by atoms with E-state index in [1.54, 1.807) is 6.20 Å². The van der Waals surface area contributed by atoms with Crippen LogP contribution in [-0.2, 0) is 0 Å². The third-order valence-corrected chi connectivity index (χ3v) is 5.02. The number of rotatable bonds is 2. The van der Waals surface area contributed by atoms with Crippen molar-refractivity contribution in [3.05, 3.63) is 23.9 Å². The monoisotopic (exact) mass is 284 g/mol. The summed E-state index contributed by atoms with van der Waals surface area (Å²) < 4.78 is 0. The number of nitrogens with zero attached hydrogens (tertiary/aromatic N) is 4. The Labute approximate surface area is 127 Å². The van der Waals surface area contributed by atoms with E-state index in [1.165, 1.54) is 25.7 Å². The average molecular weight is 284 g/mol. The van der Waals surface area contributed by atoms with E-state index in [1.807, 2.05) is 12.1 Å². The van der Waals surface area contributed by atoms with Gasteiger partial charge >= 0.3 is 0 Å². The largest absolute Gasteiger partial charge is 0.354 e. The lowest BCUT2D eigenvalue weighted by molar-refractivity contribution is 0.132. The highest BCUT2D eigenvalue weighted by atomic mass is 15.3. The van der Waals surface area contributed by atoms with E-state index >= 15 is 0 Å². The first kappa shape index (κ1) is 14.3. The molecule has 4 heteroatoms. The summed E-state index contributed by atoms with van der Waals surface area (Å²) in [6.07, 6.45) is 7.20. The molecule has 1 aliphatic heterocycles. The van der Waals surface area contributed by atoms with E-state index in [9.17, 15) is 0 Å². The lowest BCUT2D eigenvalue weighted by atomic mass is 9.86. The normalized spacial score (nSPS) is 27.3. The third kappa shape index (κ3) is 3.36. The average Bonchev–Trinajstić information content (AvgIpc) is 2.56. The van der Waals surface area contributed by atoms with Gasteiger partial charge in [0.25, 0.3) is 0 Å². The number of anilines is 1. The first-order valence-corrected chi connectivity index (χ1v) is 8.11. The molecule has 2 heterocycles. The molecule has 3 rings (SSSR count). The Morgan fingerprint density at radius 2 is 1.81 bits per heavy atom. The minimum absolute atomic E-state index is 0.633. The lowest BCUT2D eigenvalue weighted by Gasteiger charge is -2.42. The zero-order valence-corrected chi connectivity index (χ0v) is 12.8. The molecule has 4 nitrogen and oxygen atoms in total. The first-order valence-electron chi connectivity index (χ1n) is 8.11. The zero-order valence-electron chi connectivity index (χ0n) is 12.8. The maximum Gasteiger partial charge on any atom is 0.128 e. The maximum atomic E-state index is 8.83. The molecule has 1 aromatic rings. The van der Waals surface area contributed by atoms with Crippen molar-refractivity contribution in [2.75, 3.05) is 31.1 Å². The second-order valence-electron chi connectivity index (χ2n) is 6.45. The van der Waals surface area contributed by atoms with Crippen LogP contribution in [0.5, 0.6) is 0 Å². The van der Waals surface area contributed by atoms with Crippen LogP contribution in [0.15, 0.2) is 18.3 Å². The standard InChI is InChI=1S/C17H24N4/c1-14-2-5-16(6-3-14)20-8-10-21(11-9-20)17-7-4-15(12-18)13-19-17/h4,7,13-14,16H,2-3,5-6,8-11H2,1H3. The molecule has 21 heavy (non-hydrogen) atoms. The second kappa shape index (κ2) is 6.44. The summed E-state index contributed by atoms with van der Waals surface area (Å²) in [6, 6.07) is 6.75. The van der Waals surface area contributed by atoms with Gasteiger partial charge in [-0.25, -0.2) is 4.98 Å². The predicted octanol–water partition coefficient (Wildman–Crippen LogP) is 2.65. The lowest BCUT2D eigenvalue weighted by Crippen LogP contribution is -2.51. The van der Waals surface area contributed by atoms with Gasteiger partial charge < -0.3 is 4.90 Å². The van der Waals surface area contributed by atoms with Gasteiger partial charge in [0.15, 0.2) is 0 Å². The second-order valence-corrected chi connectivity index (χ2v) is 6.45. The summed E-state index contributed by atoms with van der Waals surface area (Å²) in [7, 11) is 0. The van der Waals surface area contributed by atoms with Crippen molar-refractivity contribution in [2.24, 2.45) is 5.92 Å². The van der Waals surface area contributed by atoms with Crippen LogP contribution in [0.2, 0.25) is 0 Å². The Morgan fingerprint density at radius 1 is 1.10 bits per heavy atom. The first-order chi connectivity index (χ1) is 10.3. The molecule has 0 spiro atoms. The SMILES string of the molecule is CC1CCC(N2CCN(c3ccc(C#N)cn3)CC2)CC1. The van der Waals surface area contributed by atoms with E-state index in [-0.39, 0.29) is 0 Å². The van der Waals surface area contributed by atoms with Crippen LogP contribution in [-0.4, -0.2) is 42.1 Å². The van der Waals surface area contributed by atoms with Gasteiger partial charge in [-0.3, -0.25) is 4.90 Å². The van der Waals surface area contributed by atoms with Crippen molar-refractivity contribution in [3.8, 4) is 6.07 Å². The van der Waals surface area contributed by atoms with Crippen LogP contribution in [0.1, 0.15) is 38.2 Å². The number of aromatic nitrogens is 1. The van der Waals surface area contributed by atoms with Gasteiger partial charge in [-0.2, -0.15) is 5.26 Å². The molecule has 0 unspecified atom stereocenters. The molecule has 1 saturated heterocycles. The zero-order chi connectivity index (χ0) is 14.7. The van der Waals surface area contributed by atoms with E-state index in [0.717, 1.165) is 44.0 Å². The Balaban J connectivity index is 1.53. The molecule has 0 aromatic carbocycles. The van der Waals surface area contributed by atoms with Gasteiger partial charge in [0.1, 0.15) is 11.9 Å². The molecule has 2 aliphatic rings. The smallest absolute Gasteiger partial charge is 0.128 e. The Hall–Kier alpha value is -1.60. The molecule has 0 amide bonds. The van der Waals surface area contributed by atoms with Crippen molar-refractivity contribution in [1.82, 2.24) is 9.88 Å². The number of pyridine rings is 1. The minimum Gasteiger partial charge on any atom is -0.354 e. The number of piperazine rings is 1. The molecule has 0 radical (unpaired) electrons. The highest BCUT2D eigenvalue weighted by Gasteiger charge is 2.27. The van der Waals surface area contributed by atoms with Crippen molar-refractivity contribution in [3.63, 3.8) is 0 Å². The fourth-order valence-electron chi connectivity index (χ4n) is 3.56. The molecule has 0 N–H and O–H groups in total. The summed E-state index contributed by atoms with van der Waals surface area (Å²) in [5, 5.41) is 8.83. The number of nitriles is 1. The number of hydrogen-bond donors (Lipinski definition) is 0. The van der Waals surface area contributed by atoms with Gasteiger partial charge in [-0.05, 0) is 43.7 Å². The molecule has 1 aromatic heterocycles. The highest BCUT2D eigenvalue weighted by molar-refractivity contribution is 5.42. The molecule has 1 saturated carbocycles. The van der Waals surface area contributed by atoms with Crippen LogP contribution >= 0.6 is 0 Å². The van der Waals surface area contributed by atoms with Crippen molar-refractivity contribution < 1.29 is 0 Å². The Kier molecular flexibility index (Phi) is 4.40. The summed E-state index contributed by atoms with van der Waals surface area (Å²) in [4.78, 5) is 9.41. The van der Waals surface area contributed by atoms with Crippen LogP contribution in [0.4, 0.5) is 5.82 Å². The Morgan fingerprint density at radius 3 is 2.38 bits per heavy atom. The van der Waals surface area contributed by atoms with Crippen molar-refractivity contribution >= 4 is 5.82 Å². The summed E-state index contributed by atoms with van der Waals surface area (Å²) in [5.41, 5.74) is 0.633. The summed E-state index contributed by atoms with van der Waals surface area (Å²) in [6.45, 7) is 6.75. The minimum atomic E-state index is 0.633. The molecule has 0 atom stereocenters. The van der Waals surface area contributed by atoms with Gasteiger partial charge in [0.2, 0.25) is 0 Å². The maximum absolute atomic E-state index is 8.83. The molecule has 0 bridgehead atoms. The fourth-order valence-corrected chi connectivity index (χ4v) is 3.56. The van der Waals surface area contributed by atoms with Gasteiger partial charge in [0.05, 0.1) is 5.56 Å². The number of hydrogen-bond acceptors (Lipinski definition) is 4. The summed E-state index contributed by atoms with van der Waals surface area (Å²) >= 11 is 0.